The van der Waals surface area contributed by atoms with Crippen LogP contribution in [0.3, 0.4) is 0 Å². The van der Waals surface area contributed by atoms with E-state index in [2.05, 4.69) is 24.3 Å². The summed E-state index contributed by atoms with van der Waals surface area (Å²) in [6, 6.07) is 8.86. The summed E-state index contributed by atoms with van der Waals surface area (Å²) in [5, 5.41) is 0. The average molecular weight is 207 g/mol. The van der Waals surface area contributed by atoms with Crippen molar-refractivity contribution in [3.63, 3.8) is 0 Å². The number of aryl methyl sites for hydroxylation is 1. The summed E-state index contributed by atoms with van der Waals surface area (Å²) < 4.78 is 0. The molecule has 1 unspecified atom stereocenters. The van der Waals surface area contributed by atoms with Gasteiger partial charge in [0.05, 0.1) is 0 Å². The van der Waals surface area contributed by atoms with E-state index in [4.69, 9.17) is 5.73 Å². The van der Waals surface area contributed by atoms with Gasteiger partial charge in [0.25, 0.3) is 0 Å². The van der Waals surface area contributed by atoms with Gasteiger partial charge in [-0.3, -0.25) is 0 Å². The molecular formula is C12H17NS. The molecule has 0 spiro atoms. The highest BCUT2D eigenvalue weighted by molar-refractivity contribution is 7.99. The highest BCUT2D eigenvalue weighted by Gasteiger charge is 2.21. The second-order valence-electron chi connectivity index (χ2n) is 3.80. The van der Waals surface area contributed by atoms with Crippen LogP contribution >= 0.6 is 11.8 Å². The minimum absolute atomic E-state index is 0.780. The van der Waals surface area contributed by atoms with E-state index < -0.39 is 0 Å². The van der Waals surface area contributed by atoms with Gasteiger partial charge >= 0.3 is 0 Å². The molecule has 0 radical (unpaired) electrons. The predicted molar refractivity (Wildman–Crippen MR) is 63.9 cm³/mol. The molecule has 1 aliphatic carbocycles. The zero-order valence-electron chi connectivity index (χ0n) is 8.41. The molecule has 0 aliphatic heterocycles. The molecule has 0 saturated carbocycles. The van der Waals surface area contributed by atoms with Crippen LogP contribution in [0.25, 0.3) is 0 Å². The Bertz CT molecular complexity index is 298. The lowest BCUT2D eigenvalue weighted by molar-refractivity contribution is 0.757. The van der Waals surface area contributed by atoms with Gasteiger partial charge in [0.2, 0.25) is 0 Å². The maximum atomic E-state index is 5.49. The van der Waals surface area contributed by atoms with E-state index in [1.807, 2.05) is 11.8 Å². The monoisotopic (exact) mass is 207 g/mol. The van der Waals surface area contributed by atoms with Crippen molar-refractivity contribution in [2.24, 2.45) is 5.73 Å². The molecule has 1 atom stereocenters. The summed E-state index contributed by atoms with van der Waals surface area (Å²) >= 11 is 1.99. The second-order valence-corrected chi connectivity index (χ2v) is 4.95. The SMILES string of the molecule is NCCSCC1CCc2ccccc21. The lowest BCUT2D eigenvalue weighted by atomic mass is 10.0. The fraction of sp³-hybridized carbons (Fsp3) is 0.500. The molecule has 1 aromatic rings. The zero-order chi connectivity index (χ0) is 9.80. The Morgan fingerprint density at radius 2 is 2.21 bits per heavy atom. The van der Waals surface area contributed by atoms with Gasteiger partial charge in [-0.1, -0.05) is 24.3 Å². The average Bonchev–Trinajstić information content (AvgIpc) is 2.63. The summed E-state index contributed by atoms with van der Waals surface area (Å²) in [5.74, 6) is 3.12. The number of fused-ring (bicyclic) bond motifs is 1. The van der Waals surface area contributed by atoms with Crippen LogP contribution in [0.2, 0.25) is 0 Å². The summed E-state index contributed by atoms with van der Waals surface area (Å²) in [5.41, 5.74) is 8.63. The van der Waals surface area contributed by atoms with Crippen LogP contribution in [0.1, 0.15) is 23.5 Å². The van der Waals surface area contributed by atoms with Crippen LogP contribution in [-0.2, 0) is 6.42 Å². The fourth-order valence-corrected chi connectivity index (χ4v) is 3.09. The Morgan fingerprint density at radius 3 is 3.07 bits per heavy atom. The molecule has 0 amide bonds. The van der Waals surface area contributed by atoms with Crippen LogP contribution in [0, 0.1) is 0 Å². The molecule has 1 aromatic carbocycles. The number of hydrogen-bond donors (Lipinski definition) is 1. The molecule has 0 aromatic heterocycles. The first-order valence-corrected chi connectivity index (χ1v) is 6.43. The first-order chi connectivity index (χ1) is 6.92. The number of rotatable bonds is 4. The molecule has 0 heterocycles. The number of thioether (sulfide) groups is 1. The van der Waals surface area contributed by atoms with Crippen molar-refractivity contribution in [2.75, 3.05) is 18.1 Å². The van der Waals surface area contributed by atoms with Crippen molar-refractivity contribution < 1.29 is 0 Å². The van der Waals surface area contributed by atoms with Crippen molar-refractivity contribution in [3.8, 4) is 0 Å². The molecule has 0 bridgehead atoms. The summed E-state index contributed by atoms with van der Waals surface area (Å²) in [7, 11) is 0. The van der Waals surface area contributed by atoms with Gasteiger partial charge in [0.15, 0.2) is 0 Å². The van der Waals surface area contributed by atoms with Crippen molar-refractivity contribution in [1.82, 2.24) is 0 Å². The van der Waals surface area contributed by atoms with Gasteiger partial charge in [0.1, 0.15) is 0 Å². The highest BCUT2D eigenvalue weighted by Crippen LogP contribution is 2.34. The maximum absolute atomic E-state index is 5.49. The predicted octanol–water partition coefficient (Wildman–Crippen LogP) is 2.41. The summed E-state index contributed by atoms with van der Waals surface area (Å²) in [4.78, 5) is 0. The molecule has 14 heavy (non-hydrogen) atoms. The van der Waals surface area contributed by atoms with Crippen molar-refractivity contribution in [3.05, 3.63) is 35.4 Å². The molecule has 2 N–H and O–H groups in total. The topological polar surface area (TPSA) is 26.0 Å². The van der Waals surface area contributed by atoms with Crippen LogP contribution < -0.4 is 5.73 Å². The van der Waals surface area contributed by atoms with E-state index in [1.165, 1.54) is 18.6 Å². The quantitative estimate of drug-likeness (QED) is 0.767. The Morgan fingerprint density at radius 1 is 1.36 bits per heavy atom. The Kier molecular flexibility index (Phi) is 3.49. The van der Waals surface area contributed by atoms with Gasteiger partial charge in [-0.2, -0.15) is 11.8 Å². The second kappa shape index (κ2) is 4.85. The molecule has 0 fully saturated rings. The Balaban J connectivity index is 1.96. The maximum Gasteiger partial charge on any atom is 0.00560 e. The molecule has 0 saturated heterocycles. The highest BCUT2D eigenvalue weighted by atomic mass is 32.2. The van der Waals surface area contributed by atoms with Gasteiger partial charge in [-0.15, -0.1) is 0 Å². The largest absolute Gasteiger partial charge is 0.330 e. The van der Waals surface area contributed by atoms with Crippen LogP contribution in [-0.4, -0.2) is 18.1 Å². The molecule has 76 valence electrons. The van der Waals surface area contributed by atoms with Gasteiger partial charge in [-0.05, 0) is 29.9 Å². The number of benzene rings is 1. The normalized spacial score (nSPS) is 19.6. The van der Waals surface area contributed by atoms with E-state index in [0.717, 1.165) is 18.2 Å². The number of hydrogen-bond acceptors (Lipinski definition) is 2. The minimum Gasteiger partial charge on any atom is -0.330 e. The summed E-state index contributed by atoms with van der Waals surface area (Å²) in [6.07, 6.45) is 2.60. The van der Waals surface area contributed by atoms with E-state index >= 15 is 0 Å². The van der Waals surface area contributed by atoms with Crippen LogP contribution in [0.15, 0.2) is 24.3 Å². The van der Waals surface area contributed by atoms with Crippen molar-refractivity contribution in [1.29, 1.82) is 0 Å². The smallest absolute Gasteiger partial charge is 0.00560 e. The summed E-state index contributed by atoms with van der Waals surface area (Å²) in [6.45, 7) is 0.805. The molecule has 1 nitrogen and oxygen atoms in total. The lowest BCUT2D eigenvalue weighted by Gasteiger charge is -2.10. The standard InChI is InChI=1S/C12H17NS/c13-7-8-14-9-11-6-5-10-3-1-2-4-12(10)11/h1-4,11H,5-9,13H2. The van der Waals surface area contributed by atoms with E-state index in [9.17, 15) is 0 Å². The fourth-order valence-electron chi connectivity index (χ4n) is 2.13. The van der Waals surface area contributed by atoms with Crippen LogP contribution in [0.5, 0.6) is 0 Å². The zero-order valence-corrected chi connectivity index (χ0v) is 9.22. The van der Waals surface area contributed by atoms with Gasteiger partial charge in [0, 0.05) is 18.1 Å². The molecule has 1 aliphatic rings. The van der Waals surface area contributed by atoms with Crippen molar-refractivity contribution >= 4 is 11.8 Å². The third kappa shape index (κ3) is 2.12. The minimum atomic E-state index is 0.780. The van der Waals surface area contributed by atoms with E-state index in [0.29, 0.717) is 0 Å². The molecule has 2 heteroatoms. The molecular weight excluding hydrogens is 190 g/mol. The lowest BCUT2D eigenvalue weighted by Crippen LogP contribution is -2.04. The van der Waals surface area contributed by atoms with Crippen molar-refractivity contribution in [2.45, 2.75) is 18.8 Å². The first-order valence-electron chi connectivity index (χ1n) is 5.27. The van der Waals surface area contributed by atoms with Gasteiger partial charge in [-0.25, -0.2) is 0 Å². The van der Waals surface area contributed by atoms with E-state index in [1.54, 1.807) is 11.1 Å². The third-order valence-corrected chi connectivity index (χ3v) is 4.00. The first kappa shape index (κ1) is 10.1. The Hall–Kier alpha value is -0.470. The van der Waals surface area contributed by atoms with E-state index in [-0.39, 0.29) is 0 Å². The van der Waals surface area contributed by atoms with Crippen LogP contribution in [0.4, 0.5) is 0 Å². The molecule has 2 rings (SSSR count). The van der Waals surface area contributed by atoms with Gasteiger partial charge < -0.3 is 5.73 Å². The third-order valence-electron chi connectivity index (χ3n) is 2.84. The number of nitrogens with two attached hydrogens (primary N) is 1. The Labute approximate surface area is 90.1 Å².